The van der Waals surface area contributed by atoms with Crippen LogP contribution in [0.1, 0.15) is 65.7 Å². The second-order valence-corrected chi connectivity index (χ2v) is 4.79. The van der Waals surface area contributed by atoms with E-state index in [1.165, 1.54) is 44.9 Å². The highest BCUT2D eigenvalue weighted by atomic mass is 32.1. The van der Waals surface area contributed by atoms with Gasteiger partial charge in [0.05, 0.1) is 0 Å². The molecule has 0 radical (unpaired) electrons. The first-order chi connectivity index (χ1) is 7.74. The van der Waals surface area contributed by atoms with E-state index in [2.05, 4.69) is 31.4 Å². The fourth-order valence-electron chi connectivity index (χ4n) is 1.70. The Labute approximate surface area is 107 Å². The van der Waals surface area contributed by atoms with Gasteiger partial charge in [-0.3, -0.25) is 0 Å². The highest BCUT2D eigenvalue weighted by Crippen LogP contribution is 2.06. The van der Waals surface area contributed by atoms with E-state index in [0.29, 0.717) is 6.04 Å². The molecule has 0 aliphatic carbocycles. The van der Waals surface area contributed by atoms with Crippen molar-refractivity contribution in [2.24, 2.45) is 0 Å². The van der Waals surface area contributed by atoms with Gasteiger partial charge in [0.25, 0.3) is 0 Å². The summed E-state index contributed by atoms with van der Waals surface area (Å²) in [5.74, 6) is 0. The van der Waals surface area contributed by atoms with E-state index in [1.54, 1.807) is 0 Å². The van der Waals surface area contributed by atoms with Crippen LogP contribution in [0, 0.1) is 0 Å². The second-order valence-electron chi connectivity index (χ2n) is 4.38. The zero-order valence-electron chi connectivity index (χ0n) is 11.1. The third kappa shape index (κ3) is 8.96. The third-order valence-corrected chi connectivity index (χ3v) is 2.96. The first-order valence-electron chi connectivity index (χ1n) is 6.78. The number of hydrogen-bond donors (Lipinski definition) is 2. The van der Waals surface area contributed by atoms with E-state index >= 15 is 0 Å². The monoisotopic (exact) mass is 244 g/mol. The van der Waals surface area contributed by atoms with Crippen molar-refractivity contribution in [2.45, 2.75) is 71.8 Å². The van der Waals surface area contributed by atoms with Crippen molar-refractivity contribution in [1.82, 2.24) is 10.6 Å². The largest absolute Gasteiger partial charge is 0.363 e. The maximum Gasteiger partial charge on any atom is 0.166 e. The highest BCUT2D eigenvalue weighted by molar-refractivity contribution is 7.80. The SMILES string of the molecule is CCCCNC(=S)NC(CCC)CCCC. The van der Waals surface area contributed by atoms with E-state index in [1.807, 2.05) is 0 Å². The smallest absolute Gasteiger partial charge is 0.166 e. The summed E-state index contributed by atoms with van der Waals surface area (Å²) in [5, 5.41) is 7.54. The molecule has 0 amide bonds. The van der Waals surface area contributed by atoms with Crippen LogP contribution in [0.4, 0.5) is 0 Å². The predicted molar refractivity (Wildman–Crippen MR) is 76.9 cm³/mol. The lowest BCUT2D eigenvalue weighted by molar-refractivity contribution is 0.491. The molecule has 3 heteroatoms. The summed E-state index contributed by atoms with van der Waals surface area (Å²) in [5.41, 5.74) is 0. The molecule has 2 nitrogen and oxygen atoms in total. The van der Waals surface area contributed by atoms with E-state index in [-0.39, 0.29) is 0 Å². The topological polar surface area (TPSA) is 24.1 Å². The average molecular weight is 244 g/mol. The van der Waals surface area contributed by atoms with Crippen LogP contribution in [-0.4, -0.2) is 17.7 Å². The summed E-state index contributed by atoms with van der Waals surface area (Å²) >= 11 is 5.29. The van der Waals surface area contributed by atoms with Gasteiger partial charge in [-0.15, -0.1) is 0 Å². The minimum Gasteiger partial charge on any atom is -0.363 e. The van der Waals surface area contributed by atoms with Gasteiger partial charge in [-0.25, -0.2) is 0 Å². The Morgan fingerprint density at radius 2 is 1.69 bits per heavy atom. The number of rotatable bonds is 9. The Hall–Kier alpha value is -0.310. The number of hydrogen-bond acceptors (Lipinski definition) is 1. The van der Waals surface area contributed by atoms with Gasteiger partial charge in [0.1, 0.15) is 0 Å². The molecule has 0 heterocycles. The van der Waals surface area contributed by atoms with Gasteiger partial charge in [0, 0.05) is 12.6 Å². The van der Waals surface area contributed by atoms with Gasteiger partial charge in [-0.2, -0.15) is 0 Å². The molecule has 0 aromatic rings. The molecular formula is C13H28N2S. The van der Waals surface area contributed by atoms with Gasteiger partial charge in [-0.1, -0.05) is 46.5 Å². The fraction of sp³-hybridized carbons (Fsp3) is 0.923. The van der Waals surface area contributed by atoms with Crippen LogP contribution in [0.5, 0.6) is 0 Å². The number of unbranched alkanes of at least 4 members (excludes halogenated alkanes) is 2. The molecule has 0 aromatic carbocycles. The van der Waals surface area contributed by atoms with Gasteiger partial charge in [0.2, 0.25) is 0 Å². The molecule has 0 aliphatic rings. The Morgan fingerprint density at radius 3 is 2.25 bits per heavy atom. The molecule has 0 bridgehead atoms. The minimum absolute atomic E-state index is 0.562. The van der Waals surface area contributed by atoms with Gasteiger partial charge >= 0.3 is 0 Å². The lowest BCUT2D eigenvalue weighted by Gasteiger charge is -2.20. The summed E-state index contributed by atoms with van der Waals surface area (Å²) < 4.78 is 0. The summed E-state index contributed by atoms with van der Waals surface area (Å²) in [6, 6.07) is 0.562. The van der Waals surface area contributed by atoms with Crippen molar-refractivity contribution in [3.05, 3.63) is 0 Å². The van der Waals surface area contributed by atoms with Crippen LogP contribution in [-0.2, 0) is 0 Å². The van der Waals surface area contributed by atoms with Crippen LogP contribution >= 0.6 is 12.2 Å². The molecule has 2 N–H and O–H groups in total. The maximum atomic E-state index is 5.29. The molecule has 1 unspecified atom stereocenters. The second kappa shape index (κ2) is 11.2. The number of nitrogens with one attached hydrogen (secondary N) is 2. The molecule has 0 aromatic heterocycles. The van der Waals surface area contributed by atoms with Crippen molar-refractivity contribution in [3.63, 3.8) is 0 Å². The van der Waals surface area contributed by atoms with Crippen molar-refractivity contribution >= 4 is 17.3 Å². The van der Waals surface area contributed by atoms with Crippen LogP contribution in [0.3, 0.4) is 0 Å². The van der Waals surface area contributed by atoms with E-state index in [4.69, 9.17) is 12.2 Å². The van der Waals surface area contributed by atoms with Gasteiger partial charge < -0.3 is 10.6 Å². The third-order valence-electron chi connectivity index (χ3n) is 2.69. The zero-order valence-corrected chi connectivity index (χ0v) is 12.0. The lowest BCUT2D eigenvalue weighted by atomic mass is 10.1. The number of thiocarbonyl (C=S) groups is 1. The standard InChI is InChI=1S/C13H28N2S/c1-4-7-10-12(9-6-3)15-13(16)14-11-8-5-2/h12H,4-11H2,1-3H3,(H2,14,15,16). The molecule has 0 fully saturated rings. The molecule has 96 valence electrons. The molecule has 0 saturated carbocycles. The summed E-state index contributed by atoms with van der Waals surface area (Å²) in [4.78, 5) is 0. The highest BCUT2D eigenvalue weighted by Gasteiger charge is 2.07. The van der Waals surface area contributed by atoms with Crippen molar-refractivity contribution in [2.75, 3.05) is 6.54 Å². The molecule has 1 atom stereocenters. The van der Waals surface area contributed by atoms with E-state index in [9.17, 15) is 0 Å². The minimum atomic E-state index is 0.562. The first kappa shape index (κ1) is 15.7. The van der Waals surface area contributed by atoms with Crippen molar-refractivity contribution < 1.29 is 0 Å². The summed E-state index contributed by atoms with van der Waals surface area (Å²) in [6.07, 6.45) is 8.63. The van der Waals surface area contributed by atoms with Crippen LogP contribution in [0.2, 0.25) is 0 Å². The summed E-state index contributed by atoms with van der Waals surface area (Å²) in [7, 11) is 0. The molecule has 0 aliphatic heterocycles. The Kier molecular flexibility index (Phi) is 11.0. The van der Waals surface area contributed by atoms with Crippen molar-refractivity contribution in [1.29, 1.82) is 0 Å². The zero-order chi connectivity index (χ0) is 12.2. The lowest BCUT2D eigenvalue weighted by Crippen LogP contribution is -2.42. The first-order valence-corrected chi connectivity index (χ1v) is 7.19. The van der Waals surface area contributed by atoms with Gasteiger partial charge in [-0.05, 0) is 31.5 Å². The van der Waals surface area contributed by atoms with Gasteiger partial charge in [0.15, 0.2) is 5.11 Å². The quantitative estimate of drug-likeness (QED) is 0.478. The van der Waals surface area contributed by atoms with Crippen molar-refractivity contribution in [3.8, 4) is 0 Å². The predicted octanol–water partition coefficient (Wildman–Crippen LogP) is 3.61. The summed E-state index contributed by atoms with van der Waals surface area (Å²) in [6.45, 7) is 7.66. The van der Waals surface area contributed by atoms with E-state index < -0.39 is 0 Å². The van der Waals surface area contributed by atoms with Crippen LogP contribution < -0.4 is 10.6 Å². The molecule has 0 saturated heterocycles. The Morgan fingerprint density at radius 1 is 1.00 bits per heavy atom. The fourth-order valence-corrected chi connectivity index (χ4v) is 1.97. The molecular weight excluding hydrogens is 216 g/mol. The molecule has 0 rings (SSSR count). The van der Waals surface area contributed by atoms with E-state index in [0.717, 1.165) is 11.7 Å². The normalized spacial score (nSPS) is 12.2. The molecule has 0 spiro atoms. The Balaban J connectivity index is 3.73. The molecule has 16 heavy (non-hydrogen) atoms. The van der Waals surface area contributed by atoms with Crippen LogP contribution in [0.25, 0.3) is 0 Å². The van der Waals surface area contributed by atoms with Crippen LogP contribution in [0.15, 0.2) is 0 Å². The maximum absolute atomic E-state index is 5.29. The average Bonchev–Trinajstić information content (AvgIpc) is 2.26. The Bertz CT molecular complexity index is 171.